The van der Waals surface area contributed by atoms with Crippen molar-refractivity contribution in [2.75, 3.05) is 7.11 Å². The number of nitrogens with zero attached hydrogens (tertiary/aromatic N) is 1. The number of hydrogen-bond acceptors (Lipinski definition) is 6. The molecule has 0 saturated carbocycles. The summed E-state index contributed by atoms with van der Waals surface area (Å²) in [4.78, 5) is 38.7. The standard InChI is InChI=1S/C22H30N2O6/c1-21(2,3)29-19(26)23-18(14-8-10-15(28-7)11-9-14)16-12-13-17(25)24(16)20(27)30-22(4,5)6/h8-13,16,18H,1-7H3,(H,23,26)/t16-,18-/m1/s1. The minimum Gasteiger partial charge on any atom is -0.497 e. The van der Waals surface area contributed by atoms with Crippen LogP contribution >= 0.6 is 0 Å². The Kier molecular flexibility index (Phi) is 6.80. The molecular weight excluding hydrogens is 388 g/mol. The van der Waals surface area contributed by atoms with E-state index in [0.717, 1.165) is 4.90 Å². The lowest BCUT2D eigenvalue weighted by atomic mass is 9.99. The van der Waals surface area contributed by atoms with E-state index in [1.807, 2.05) is 0 Å². The molecule has 1 aliphatic rings. The average molecular weight is 418 g/mol. The largest absolute Gasteiger partial charge is 0.497 e. The van der Waals surface area contributed by atoms with E-state index >= 15 is 0 Å². The van der Waals surface area contributed by atoms with Crippen LogP contribution in [-0.4, -0.2) is 47.3 Å². The van der Waals surface area contributed by atoms with E-state index in [9.17, 15) is 14.4 Å². The second-order valence-electron chi connectivity index (χ2n) is 8.94. The Labute approximate surface area is 177 Å². The third kappa shape index (κ3) is 6.23. The van der Waals surface area contributed by atoms with Gasteiger partial charge in [-0.25, -0.2) is 14.5 Å². The van der Waals surface area contributed by atoms with Gasteiger partial charge in [-0.3, -0.25) is 4.79 Å². The van der Waals surface area contributed by atoms with Crippen molar-refractivity contribution >= 4 is 18.1 Å². The highest BCUT2D eigenvalue weighted by atomic mass is 16.6. The summed E-state index contributed by atoms with van der Waals surface area (Å²) >= 11 is 0. The first kappa shape index (κ1) is 23.3. The van der Waals surface area contributed by atoms with Crippen molar-refractivity contribution in [3.05, 3.63) is 42.0 Å². The van der Waals surface area contributed by atoms with Crippen LogP contribution in [0.5, 0.6) is 5.75 Å². The Morgan fingerprint density at radius 1 is 1.00 bits per heavy atom. The summed E-state index contributed by atoms with van der Waals surface area (Å²) in [6.45, 7) is 10.4. The lowest BCUT2D eigenvalue weighted by Crippen LogP contribution is -2.49. The Bertz CT molecular complexity index is 818. The summed E-state index contributed by atoms with van der Waals surface area (Å²) in [7, 11) is 1.55. The molecule has 0 bridgehead atoms. The number of hydrogen-bond donors (Lipinski definition) is 1. The van der Waals surface area contributed by atoms with Crippen LogP contribution in [0.1, 0.15) is 53.1 Å². The van der Waals surface area contributed by atoms with E-state index in [2.05, 4.69) is 5.32 Å². The molecule has 2 atom stereocenters. The van der Waals surface area contributed by atoms with E-state index in [1.165, 1.54) is 6.08 Å². The maximum Gasteiger partial charge on any atom is 0.417 e. The predicted octanol–water partition coefficient (Wildman–Crippen LogP) is 3.96. The minimum atomic E-state index is -0.785. The van der Waals surface area contributed by atoms with Crippen LogP contribution in [0.25, 0.3) is 0 Å². The number of alkyl carbamates (subject to hydrolysis) is 1. The van der Waals surface area contributed by atoms with Crippen molar-refractivity contribution < 1.29 is 28.6 Å². The zero-order valence-electron chi connectivity index (χ0n) is 18.5. The van der Waals surface area contributed by atoms with Crippen LogP contribution in [0, 0.1) is 0 Å². The molecule has 0 fully saturated rings. The molecule has 0 radical (unpaired) electrons. The number of nitrogens with one attached hydrogen (secondary N) is 1. The van der Waals surface area contributed by atoms with Crippen LogP contribution in [0.3, 0.4) is 0 Å². The van der Waals surface area contributed by atoms with E-state index in [-0.39, 0.29) is 0 Å². The zero-order chi connectivity index (χ0) is 22.7. The maximum absolute atomic E-state index is 12.7. The van der Waals surface area contributed by atoms with Gasteiger partial charge in [0.25, 0.3) is 5.91 Å². The highest BCUT2D eigenvalue weighted by Crippen LogP contribution is 2.29. The molecule has 0 spiro atoms. The molecule has 0 saturated heterocycles. The summed E-state index contributed by atoms with van der Waals surface area (Å²) in [5.41, 5.74) is -0.820. The fourth-order valence-corrected chi connectivity index (χ4v) is 2.89. The van der Waals surface area contributed by atoms with Gasteiger partial charge in [0.1, 0.15) is 17.0 Å². The van der Waals surface area contributed by atoms with E-state index in [0.29, 0.717) is 11.3 Å². The van der Waals surface area contributed by atoms with Crippen molar-refractivity contribution in [1.82, 2.24) is 10.2 Å². The molecule has 2 rings (SSSR count). The molecule has 1 aromatic carbocycles. The highest BCUT2D eigenvalue weighted by molar-refractivity contribution is 6.01. The first-order valence-corrected chi connectivity index (χ1v) is 9.68. The molecule has 1 N–H and O–H groups in total. The monoisotopic (exact) mass is 418 g/mol. The van der Waals surface area contributed by atoms with E-state index < -0.39 is 41.4 Å². The number of amides is 3. The number of rotatable bonds is 4. The molecule has 8 nitrogen and oxygen atoms in total. The van der Waals surface area contributed by atoms with Crippen molar-refractivity contribution in [3.8, 4) is 5.75 Å². The fourth-order valence-electron chi connectivity index (χ4n) is 2.89. The van der Waals surface area contributed by atoms with Crippen LogP contribution in [-0.2, 0) is 14.3 Å². The van der Waals surface area contributed by atoms with Crippen LogP contribution in [0.4, 0.5) is 9.59 Å². The smallest absolute Gasteiger partial charge is 0.417 e. The van der Waals surface area contributed by atoms with Gasteiger partial charge in [0.2, 0.25) is 0 Å². The van der Waals surface area contributed by atoms with Crippen molar-refractivity contribution in [1.29, 1.82) is 0 Å². The van der Waals surface area contributed by atoms with Crippen molar-refractivity contribution in [2.24, 2.45) is 0 Å². The van der Waals surface area contributed by atoms with Gasteiger partial charge in [0.05, 0.1) is 19.2 Å². The van der Waals surface area contributed by atoms with Crippen molar-refractivity contribution in [3.63, 3.8) is 0 Å². The van der Waals surface area contributed by atoms with Gasteiger partial charge in [-0.15, -0.1) is 0 Å². The Morgan fingerprint density at radius 3 is 2.07 bits per heavy atom. The third-order valence-electron chi connectivity index (χ3n) is 4.05. The van der Waals surface area contributed by atoms with Gasteiger partial charge in [-0.1, -0.05) is 18.2 Å². The molecule has 0 unspecified atom stereocenters. The number of ether oxygens (including phenoxy) is 3. The minimum absolute atomic E-state index is 0.515. The number of benzene rings is 1. The molecule has 8 heteroatoms. The SMILES string of the molecule is COc1ccc([C@@H](NC(=O)OC(C)(C)C)[C@H]2C=CC(=O)N2C(=O)OC(C)(C)C)cc1. The van der Waals surface area contributed by atoms with Gasteiger partial charge >= 0.3 is 12.2 Å². The van der Waals surface area contributed by atoms with Gasteiger partial charge in [0, 0.05) is 6.08 Å². The number of methoxy groups -OCH3 is 1. The second kappa shape index (κ2) is 8.77. The number of carbonyl (C=O) groups is 3. The van der Waals surface area contributed by atoms with Gasteiger partial charge in [-0.05, 0) is 59.2 Å². The first-order chi connectivity index (χ1) is 13.8. The molecule has 0 aromatic heterocycles. The van der Waals surface area contributed by atoms with Crippen molar-refractivity contribution in [2.45, 2.75) is 64.8 Å². The fraction of sp³-hybridized carbons (Fsp3) is 0.500. The molecule has 1 aliphatic heterocycles. The molecule has 3 amide bonds. The lowest BCUT2D eigenvalue weighted by molar-refractivity contribution is -0.125. The lowest BCUT2D eigenvalue weighted by Gasteiger charge is -2.33. The highest BCUT2D eigenvalue weighted by Gasteiger charge is 2.41. The zero-order valence-corrected chi connectivity index (χ0v) is 18.5. The van der Waals surface area contributed by atoms with Crippen LogP contribution in [0.15, 0.2) is 36.4 Å². The van der Waals surface area contributed by atoms with Gasteiger partial charge in [0.15, 0.2) is 0 Å². The molecular formula is C22H30N2O6. The Morgan fingerprint density at radius 2 is 1.57 bits per heavy atom. The summed E-state index contributed by atoms with van der Waals surface area (Å²) in [5.74, 6) is 0.121. The predicted molar refractivity (Wildman–Crippen MR) is 111 cm³/mol. The molecule has 0 aliphatic carbocycles. The molecule has 164 valence electrons. The number of carbonyl (C=O) groups excluding carboxylic acids is 3. The first-order valence-electron chi connectivity index (χ1n) is 9.68. The Hall–Kier alpha value is -3.03. The summed E-state index contributed by atoms with van der Waals surface area (Å²) in [6.07, 6.45) is 1.41. The summed E-state index contributed by atoms with van der Waals surface area (Å²) in [6, 6.07) is 5.44. The molecule has 1 heterocycles. The summed E-state index contributed by atoms with van der Waals surface area (Å²) < 4.78 is 16.0. The molecule has 1 aromatic rings. The van der Waals surface area contributed by atoms with E-state index in [1.54, 1.807) is 79.0 Å². The summed E-state index contributed by atoms with van der Waals surface area (Å²) in [5, 5.41) is 2.78. The number of imide groups is 1. The normalized spacial score (nSPS) is 17.5. The average Bonchev–Trinajstić information content (AvgIpc) is 2.98. The van der Waals surface area contributed by atoms with Gasteiger partial charge < -0.3 is 19.5 Å². The molecule has 30 heavy (non-hydrogen) atoms. The second-order valence-corrected chi connectivity index (χ2v) is 8.94. The van der Waals surface area contributed by atoms with Crippen LogP contribution < -0.4 is 10.1 Å². The maximum atomic E-state index is 12.7. The van der Waals surface area contributed by atoms with Crippen LogP contribution in [0.2, 0.25) is 0 Å². The van der Waals surface area contributed by atoms with Gasteiger partial charge in [-0.2, -0.15) is 0 Å². The Balaban J connectivity index is 2.38. The topological polar surface area (TPSA) is 94.2 Å². The third-order valence-corrected chi connectivity index (χ3v) is 4.05. The quantitative estimate of drug-likeness (QED) is 0.795. The van der Waals surface area contributed by atoms with E-state index in [4.69, 9.17) is 14.2 Å².